The lowest BCUT2D eigenvalue weighted by Gasteiger charge is -2.21. The van der Waals surface area contributed by atoms with Crippen molar-refractivity contribution >= 4 is 0 Å². The zero-order valence-corrected chi connectivity index (χ0v) is 10.7. The maximum Gasteiger partial charge on any atom is 0.217 e. The molecule has 0 atom stereocenters. The summed E-state index contributed by atoms with van der Waals surface area (Å²) < 4.78 is 5.23. The minimum atomic E-state index is 0.187. The molecule has 0 amide bonds. The molecule has 4 nitrogen and oxygen atoms in total. The van der Waals surface area contributed by atoms with Gasteiger partial charge in [0.1, 0.15) is 0 Å². The van der Waals surface area contributed by atoms with Crippen LogP contribution in [0.15, 0.2) is 18.3 Å². The maximum atomic E-state index is 9.05. The van der Waals surface area contributed by atoms with Crippen LogP contribution >= 0.6 is 0 Å². The van der Waals surface area contributed by atoms with Gasteiger partial charge in [-0.2, -0.15) is 0 Å². The molecule has 0 aliphatic rings. The summed E-state index contributed by atoms with van der Waals surface area (Å²) in [5.74, 6) is 0.673. The SMILES string of the molecule is CCCCN(CCO)Cc1cccnc1OC. The fraction of sp³-hybridized carbons (Fsp3) is 0.615. The maximum absolute atomic E-state index is 9.05. The predicted octanol–water partition coefficient (Wildman–Crippen LogP) is 1.68. The summed E-state index contributed by atoms with van der Waals surface area (Å²) in [5, 5.41) is 9.05. The van der Waals surface area contributed by atoms with E-state index in [1.54, 1.807) is 13.3 Å². The van der Waals surface area contributed by atoms with Crippen molar-refractivity contribution in [2.75, 3.05) is 26.8 Å². The largest absolute Gasteiger partial charge is 0.481 e. The Hall–Kier alpha value is -1.13. The third-order valence-corrected chi connectivity index (χ3v) is 2.68. The van der Waals surface area contributed by atoms with Gasteiger partial charge in [0.15, 0.2) is 0 Å². The smallest absolute Gasteiger partial charge is 0.217 e. The van der Waals surface area contributed by atoms with E-state index in [-0.39, 0.29) is 6.61 Å². The number of nitrogens with zero attached hydrogens (tertiary/aromatic N) is 2. The van der Waals surface area contributed by atoms with Crippen LogP contribution in [0, 0.1) is 0 Å². The van der Waals surface area contributed by atoms with Crippen molar-refractivity contribution in [3.63, 3.8) is 0 Å². The lowest BCUT2D eigenvalue weighted by molar-refractivity contribution is 0.186. The summed E-state index contributed by atoms with van der Waals surface area (Å²) >= 11 is 0. The summed E-state index contributed by atoms with van der Waals surface area (Å²) in [7, 11) is 1.63. The van der Waals surface area contributed by atoms with Gasteiger partial charge in [-0.15, -0.1) is 0 Å². The average Bonchev–Trinajstić information content (AvgIpc) is 2.37. The average molecular weight is 238 g/mol. The zero-order valence-electron chi connectivity index (χ0n) is 10.7. The highest BCUT2D eigenvalue weighted by Gasteiger charge is 2.09. The molecule has 0 bridgehead atoms. The number of aromatic nitrogens is 1. The topological polar surface area (TPSA) is 45.6 Å². The molecule has 1 aromatic heterocycles. The van der Waals surface area contributed by atoms with Gasteiger partial charge in [-0.1, -0.05) is 19.4 Å². The van der Waals surface area contributed by atoms with Gasteiger partial charge in [0.05, 0.1) is 13.7 Å². The third-order valence-electron chi connectivity index (χ3n) is 2.68. The molecule has 1 aromatic rings. The number of pyridine rings is 1. The number of unbranched alkanes of at least 4 members (excludes halogenated alkanes) is 1. The summed E-state index contributed by atoms with van der Waals surface area (Å²) in [6.07, 6.45) is 4.03. The third kappa shape index (κ3) is 4.71. The van der Waals surface area contributed by atoms with Gasteiger partial charge >= 0.3 is 0 Å². The van der Waals surface area contributed by atoms with E-state index in [4.69, 9.17) is 9.84 Å². The fourth-order valence-corrected chi connectivity index (χ4v) is 1.76. The van der Waals surface area contributed by atoms with E-state index in [1.807, 2.05) is 12.1 Å². The van der Waals surface area contributed by atoms with Crippen LogP contribution in [0.1, 0.15) is 25.3 Å². The van der Waals surface area contributed by atoms with E-state index in [9.17, 15) is 0 Å². The van der Waals surface area contributed by atoms with Crippen LogP contribution in [0.25, 0.3) is 0 Å². The Bertz CT molecular complexity index is 318. The molecule has 0 radical (unpaired) electrons. The van der Waals surface area contributed by atoms with Crippen LogP contribution in [-0.2, 0) is 6.54 Å². The molecular formula is C13H22N2O2. The van der Waals surface area contributed by atoms with Crippen molar-refractivity contribution in [1.29, 1.82) is 0 Å². The molecule has 1 heterocycles. The van der Waals surface area contributed by atoms with Crippen LogP contribution in [0.5, 0.6) is 5.88 Å². The van der Waals surface area contributed by atoms with E-state index in [0.29, 0.717) is 12.4 Å². The van der Waals surface area contributed by atoms with E-state index in [2.05, 4.69) is 16.8 Å². The fourth-order valence-electron chi connectivity index (χ4n) is 1.76. The standard InChI is InChI=1S/C13H22N2O2/c1-3-4-8-15(9-10-16)11-12-6-5-7-14-13(12)17-2/h5-7,16H,3-4,8-11H2,1-2H3. The van der Waals surface area contributed by atoms with Gasteiger partial charge in [0, 0.05) is 24.8 Å². The first kappa shape index (κ1) is 13.9. The van der Waals surface area contributed by atoms with Gasteiger partial charge in [-0.3, -0.25) is 4.90 Å². The van der Waals surface area contributed by atoms with E-state index in [1.165, 1.54) is 0 Å². The van der Waals surface area contributed by atoms with Crippen LogP contribution in [0.3, 0.4) is 0 Å². The Kier molecular flexibility index (Phi) is 6.58. The summed E-state index contributed by atoms with van der Waals surface area (Å²) in [6, 6.07) is 3.93. The summed E-state index contributed by atoms with van der Waals surface area (Å²) in [5.41, 5.74) is 1.07. The molecule has 0 saturated carbocycles. The van der Waals surface area contributed by atoms with Crippen LogP contribution < -0.4 is 4.74 Å². The first-order valence-electron chi connectivity index (χ1n) is 6.13. The van der Waals surface area contributed by atoms with Crippen LogP contribution in [0.2, 0.25) is 0 Å². The molecule has 1 N–H and O–H groups in total. The lowest BCUT2D eigenvalue weighted by atomic mass is 10.2. The molecule has 0 aromatic carbocycles. The molecule has 96 valence electrons. The Morgan fingerprint density at radius 2 is 2.24 bits per heavy atom. The highest BCUT2D eigenvalue weighted by atomic mass is 16.5. The first-order valence-corrected chi connectivity index (χ1v) is 6.13. The Morgan fingerprint density at radius 1 is 1.41 bits per heavy atom. The number of rotatable bonds is 8. The Morgan fingerprint density at radius 3 is 2.88 bits per heavy atom. The molecule has 0 saturated heterocycles. The molecule has 4 heteroatoms. The van der Waals surface area contributed by atoms with Gasteiger partial charge in [0.25, 0.3) is 0 Å². The van der Waals surface area contributed by atoms with E-state index in [0.717, 1.165) is 31.5 Å². The summed E-state index contributed by atoms with van der Waals surface area (Å²) in [6.45, 7) is 4.82. The number of ether oxygens (including phenoxy) is 1. The normalized spacial score (nSPS) is 10.8. The van der Waals surface area contributed by atoms with Crippen LogP contribution in [0.4, 0.5) is 0 Å². The number of hydrogen-bond donors (Lipinski definition) is 1. The molecule has 0 spiro atoms. The number of hydrogen-bond acceptors (Lipinski definition) is 4. The molecule has 0 aliphatic carbocycles. The monoisotopic (exact) mass is 238 g/mol. The quantitative estimate of drug-likeness (QED) is 0.748. The second kappa shape index (κ2) is 8.03. The number of methoxy groups -OCH3 is 1. The highest BCUT2D eigenvalue weighted by molar-refractivity contribution is 5.25. The van der Waals surface area contributed by atoms with Crippen molar-refractivity contribution in [2.24, 2.45) is 0 Å². The van der Waals surface area contributed by atoms with E-state index < -0.39 is 0 Å². The highest BCUT2D eigenvalue weighted by Crippen LogP contribution is 2.16. The van der Waals surface area contributed by atoms with Gasteiger partial charge in [0.2, 0.25) is 5.88 Å². The molecular weight excluding hydrogens is 216 g/mol. The zero-order chi connectivity index (χ0) is 12.5. The predicted molar refractivity (Wildman–Crippen MR) is 68.1 cm³/mol. The molecule has 1 rings (SSSR count). The van der Waals surface area contributed by atoms with Crippen molar-refractivity contribution in [3.8, 4) is 5.88 Å². The molecule has 17 heavy (non-hydrogen) atoms. The molecule has 0 aliphatic heterocycles. The lowest BCUT2D eigenvalue weighted by Crippen LogP contribution is -2.27. The van der Waals surface area contributed by atoms with Crippen molar-refractivity contribution in [2.45, 2.75) is 26.3 Å². The first-order chi connectivity index (χ1) is 8.31. The van der Waals surface area contributed by atoms with Gasteiger partial charge in [-0.25, -0.2) is 4.98 Å². The summed E-state index contributed by atoms with van der Waals surface area (Å²) in [4.78, 5) is 6.40. The van der Waals surface area contributed by atoms with Gasteiger partial charge < -0.3 is 9.84 Å². The molecule has 0 unspecified atom stereocenters. The minimum absolute atomic E-state index is 0.187. The van der Waals surface area contributed by atoms with E-state index >= 15 is 0 Å². The van der Waals surface area contributed by atoms with Crippen molar-refractivity contribution in [3.05, 3.63) is 23.9 Å². The number of aliphatic hydroxyl groups is 1. The second-order valence-corrected chi connectivity index (χ2v) is 4.03. The van der Waals surface area contributed by atoms with Crippen LogP contribution in [-0.4, -0.2) is 41.8 Å². The molecule has 0 fully saturated rings. The Balaban J connectivity index is 2.63. The second-order valence-electron chi connectivity index (χ2n) is 4.03. The van der Waals surface area contributed by atoms with Crippen molar-refractivity contribution < 1.29 is 9.84 Å². The number of aliphatic hydroxyl groups excluding tert-OH is 1. The minimum Gasteiger partial charge on any atom is -0.481 e. The van der Waals surface area contributed by atoms with Crippen molar-refractivity contribution in [1.82, 2.24) is 9.88 Å². The van der Waals surface area contributed by atoms with Gasteiger partial charge in [-0.05, 0) is 19.0 Å². The Labute approximate surface area is 103 Å².